The van der Waals surface area contributed by atoms with Gasteiger partial charge >= 0.3 is 5.97 Å². The van der Waals surface area contributed by atoms with E-state index in [0.29, 0.717) is 18.9 Å². The van der Waals surface area contributed by atoms with E-state index in [1.54, 1.807) is 11.8 Å². The lowest BCUT2D eigenvalue weighted by Crippen LogP contribution is -2.27. The van der Waals surface area contributed by atoms with E-state index in [9.17, 15) is 9.59 Å². The number of amides is 1. The lowest BCUT2D eigenvalue weighted by molar-refractivity contribution is -0.140. The molecule has 1 aromatic heterocycles. The van der Waals surface area contributed by atoms with Crippen LogP contribution in [-0.4, -0.2) is 44.5 Å². The van der Waals surface area contributed by atoms with Crippen molar-refractivity contribution in [1.82, 2.24) is 20.1 Å². The largest absolute Gasteiger partial charge is 0.481 e. The van der Waals surface area contributed by atoms with Crippen LogP contribution in [0.5, 0.6) is 0 Å². The summed E-state index contributed by atoms with van der Waals surface area (Å²) in [6.07, 6.45) is 3.95. The number of nitrogens with zero attached hydrogens (tertiary/aromatic N) is 3. The number of thioether (sulfide) groups is 1. The van der Waals surface area contributed by atoms with Crippen LogP contribution in [0.3, 0.4) is 0 Å². The lowest BCUT2D eigenvalue weighted by atomic mass is 10.2. The van der Waals surface area contributed by atoms with Gasteiger partial charge in [0, 0.05) is 19.5 Å². The molecule has 1 heterocycles. The maximum Gasteiger partial charge on any atom is 0.307 e. The Morgan fingerprint density at radius 1 is 1.39 bits per heavy atom. The van der Waals surface area contributed by atoms with Crippen molar-refractivity contribution < 1.29 is 14.7 Å². The Bertz CT molecular complexity index is 573. The molecular formula is C15H24N4O3S. The van der Waals surface area contributed by atoms with Crippen LogP contribution in [0, 0.1) is 17.8 Å². The number of carbonyl (C=O) groups is 2. The molecule has 23 heavy (non-hydrogen) atoms. The first-order chi connectivity index (χ1) is 10.9. The van der Waals surface area contributed by atoms with Gasteiger partial charge in [0.2, 0.25) is 5.91 Å². The van der Waals surface area contributed by atoms with E-state index in [1.807, 2.05) is 6.26 Å². The molecule has 1 fully saturated rings. The Labute approximate surface area is 140 Å². The fourth-order valence-corrected chi connectivity index (χ4v) is 3.07. The maximum absolute atomic E-state index is 11.8. The van der Waals surface area contributed by atoms with Crippen LogP contribution in [0.1, 0.15) is 32.5 Å². The molecule has 0 aromatic carbocycles. The number of hydrogen-bond acceptors (Lipinski definition) is 5. The zero-order valence-corrected chi connectivity index (χ0v) is 14.6. The molecule has 1 aliphatic rings. The van der Waals surface area contributed by atoms with Gasteiger partial charge in [-0.1, -0.05) is 25.6 Å². The van der Waals surface area contributed by atoms with Gasteiger partial charge < -0.3 is 15.0 Å². The van der Waals surface area contributed by atoms with Crippen LogP contribution in [0.4, 0.5) is 0 Å². The summed E-state index contributed by atoms with van der Waals surface area (Å²) in [4.78, 5) is 22.5. The zero-order chi connectivity index (χ0) is 17.0. The summed E-state index contributed by atoms with van der Waals surface area (Å²) in [6, 6.07) is 0. The molecule has 2 rings (SSSR count). The fourth-order valence-electron chi connectivity index (χ4n) is 2.55. The van der Waals surface area contributed by atoms with Crippen molar-refractivity contribution in [2.24, 2.45) is 17.8 Å². The van der Waals surface area contributed by atoms with Crippen LogP contribution >= 0.6 is 11.8 Å². The fraction of sp³-hybridized carbons (Fsp3) is 0.733. The highest BCUT2D eigenvalue weighted by Gasteiger charge is 2.48. The molecule has 8 heteroatoms. The molecule has 2 N–H and O–H groups in total. The zero-order valence-electron chi connectivity index (χ0n) is 13.8. The summed E-state index contributed by atoms with van der Waals surface area (Å²) in [7, 11) is 0. The van der Waals surface area contributed by atoms with Crippen molar-refractivity contribution in [3.8, 4) is 0 Å². The van der Waals surface area contributed by atoms with Crippen molar-refractivity contribution in [2.45, 2.75) is 44.8 Å². The molecule has 0 saturated heterocycles. The van der Waals surface area contributed by atoms with Crippen molar-refractivity contribution in [3.63, 3.8) is 0 Å². The van der Waals surface area contributed by atoms with E-state index in [2.05, 4.69) is 33.9 Å². The molecule has 1 aromatic rings. The molecular weight excluding hydrogens is 316 g/mol. The quantitative estimate of drug-likeness (QED) is 0.521. The number of rotatable bonds is 9. The molecule has 0 radical (unpaired) electrons. The van der Waals surface area contributed by atoms with E-state index in [0.717, 1.165) is 30.4 Å². The minimum atomic E-state index is -0.878. The molecule has 1 amide bonds. The van der Waals surface area contributed by atoms with E-state index < -0.39 is 11.9 Å². The van der Waals surface area contributed by atoms with E-state index in [1.165, 1.54) is 0 Å². The van der Waals surface area contributed by atoms with Gasteiger partial charge in [0.15, 0.2) is 5.16 Å². The first kappa shape index (κ1) is 17.8. The van der Waals surface area contributed by atoms with E-state index >= 15 is 0 Å². The summed E-state index contributed by atoms with van der Waals surface area (Å²) in [5.41, 5.74) is 0. The van der Waals surface area contributed by atoms with Gasteiger partial charge in [0.1, 0.15) is 5.82 Å². The summed E-state index contributed by atoms with van der Waals surface area (Å²) < 4.78 is 2.14. The topological polar surface area (TPSA) is 97.1 Å². The van der Waals surface area contributed by atoms with Crippen molar-refractivity contribution in [2.75, 3.05) is 12.8 Å². The Morgan fingerprint density at radius 3 is 2.70 bits per heavy atom. The number of carboxylic acid groups (broad SMARTS) is 1. The third kappa shape index (κ3) is 4.70. The first-order valence-corrected chi connectivity index (χ1v) is 9.13. The van der Waals surface area contributed by atoms with Gasteiger partial charge in [-0.25, -0.2) is 0 Å². The number of aliphatic carboxylic acids is 1. The predicted octanol–water partition coefficient (Wildman–Crippen LogP) is 1.43. The second kappa shape index (κ2) is 7.81. The van der Waals surface area contributed by atoms with Gasteiger partial charge in [-0.2, -0.15) is 0 Å². The summed E-state index contributed by atoms with van der Waals surface area (Å²) in [5, 5.41) is 21.0. The highest BCUT2D eigenvalue weighted by atomic mass is 32.2. The SMILES string of the molecule is CSc1nnc(CCCNC(=O)C2CC2C(=O)O)n1CC(C)C. The number of carbonyl (C=O) groups excluding carboxylic acids is 1. The molecule has 7 nitrogen and oxygen atoms in total. The third-order valence-corrected chi connectivity index (χ3v) is 4.51. The second-order valence-corrected chi connectivity index (χ2v) is 7.06. The van der Waals surface area contributed by atoms with Crippen molar-refractivity contribution in [1.29, 1.82) is 0 Å². The van der Waals surface area contributed by atoms with Crippen LogP contribution < -0.4 is 5.32 Å². The Balaban J connectivity index is 1.77. The molecule has 0 bridgehead atoms. The smallest absolute Gasteiger partial charge is 0.307 e. The summed E-state index contributed by atoms with van der Waals surface area (Å²) in [6.45, 7) is 5.73. The lowest BCUT2D eigenvalue weighted by Gasteiger charge is -2.11. The van der Waals surface area contributed by atoms with Crippen LogP contribution in [0.2, 0.25) is 0 Å². The minimum absolute atomic E-state index is 0.147. The highest BCUT2D eigenvalue weighted by molar-refractivity contribution is 7.98. The molecule has 0 spiro atoms. The van der Waals surface area contributed by atoms with Gasteiger partial charge in [-0.15, -0.1) is 10.2 Å². The van der Waals surface area contributed by atoms with Crippen LogP contribution in [-0.2, 0) is 22.6 Å². The molecule has 2 atom stereocenters. The Morgan fingerprint density at radius 2 is 2.13 bits per heavy atom. The van der Waals surface area contributed by atoms with Crippen LogP contribution in [0.25, 0.3) is 0 Å². The molecule has 1 saturated carbocycles. The van der Waals surface area contributed by atoms with Crippen molar-refractivity contribution in [3.05, 3.63) is 5.82 Å². The number of aryl methyl sites for hydroxylation is 1. The summed E-state index contributed by atoms with van der Waals surface area (Å²) in [5.74, 6) is -0.416. The van der Waals surface area contributed by atoms with E-state index in [4.69, 9.17) is 5.11 Å². The Hall–Kier alpha value is -1.57. The second-order valence-electron chi connectivity index (χ2n) is 6.29. The molecule has 0 aliphatic heterocycles. The van der Waals surface area contributed by atoms with Gasteiger partial charge in [-0.05, 0) is 25.0 Å². The normalized spacial score (nSPS) is 19.8. The number of hydrogen-bond donors (Lipinski definition) is 2. The third-order valence-electron chi connectivity index (χ3n) is 3.84. The predicted molar refractivity (Wildman–Crippen MR) is 87.2 cm³/mol. The van der Waals surface area contributed by atoms with Gasteiger partial charge in [0.05, 0.1) is 11.8 Å². The minimum Gasteiger partial charge on any atom is -0.481 e. The first-order valence-electron chi connectivity index (χ1n) is 7.90. The maximum atomic E-state index is 11.8. The number of aromatic nitrogens is 3. The monoisotopic (exact) mass is 340 g/mol. The highest BCUT2D eigenvalue weighted by Crippen LogP contribution is 2.38. The van der Waals surface area contributed by atoms with Gasteiger partial charge in [-0.3, -0.25) is 9.59 Å². The van der Waals surface area contributed by atoms with Gasteiger partial charge in [0.25, 0.3) is 0 Å². The molecule has 1 aliphatic carbocycles. The molecule has 128 valence electrons. The summed E-state index contributed by atoms with van der Waals surface area (Å²) >= 11 is 1.58. The number of nitrogens with one attached hydrogen (secondary N) is 1. The van der Waals surface area contributed by atoms with Crippen LogP contribution in [0.15, 0.2) is 5.16 Å². The van der Waals surface area contributed by atoms with Crippen molar-refractivity contribution >= 4 is 23.6 Å². The average molecular weight is 340 g/mol. The number of carboxylic acids is 1. The Kier molecular flexibility index (Phi) is 6.04. The standard InChI is InChI=1S/C15H24N4O3S/c1-9(2)8-19-12(17-18-15(19)23-3)5-4-6-16-13(20)10-7-11(10)14(21)22/h9-11H,4-8H2,1-3H3,(H,16,20)(H,21,22). The average Bonchev–Trinajstić information content (AvgIpc) is 3.21. The van der Waals surface area contributed by atoms with E-state index in [-0.39, 0.29) is 11.8 Å². The molecule has 2 unspecified atom stereocenters.